The number of carbonyl (C=O) groups is 2. The lowest BCUT2D eigenvalue weighted by Gasteiger charge is -2.08. The molecule has 0 unspecified atom stereocenters. The number of hydrogen-bond acceptors (Lipinski definition) is 5. The van der Waals surface area contributed by atoms with Gasteiger partial charge in [-0.05, 0) is 50.8 Å². The van der Waals surface area contributed by atoms with E-state index in [1.807, 2.05) is 71.7 Å². The van der Waals surface area contributed by atoms with Crippen LogP contribution in [-0.2, 0) is 35.5 Å². The van der Waals surface area contributed by atoms with Crippen LogP contribution in [0.25, 0.3) is 5.69 Å². The fraction of sp³-hybridized carbons (Fsp3) is 0.286. The molecule has 0 radical (unpaired) electrons. The Hall–Kier alpha value is -4.20. The second-order valence-electron chi connectivity index (χ2n) is 9.02. The predicted molar refractivity (Wildman–Crippen MR) is 135 cm³/mol. The Bertz CT molecular complexity index is 1390. The second-order valence-corrected chi connectivity index (χ2v) is 9.02. The van der Waals surface area contributed by atoms with Gasteiger partial charge < -0.3 is 10.1 Å². The zero-order valence-electron chi connectivity index (χ0n) is 20.5. The lowest BCUT2D eigenvalue weighted by atomic mass is 10.2. The van der Waals surface area contributed by atoms with Gasteiger partial charge in [0.2, 0.25) is 0 Å². The van der Waals surface area contributed by atoms with Crippen LogP contribution in [0.4, 0.5) is 0 Å². The van der Waals surface area contributed by atoms with Crippen molar-refractivity contribution in [1.82, 2.24) is 24.9 Å². The molecule has 1 amide bonds. The first kappa shape index (κ1) is 23.5. The highest BCUT2D eigenvalue weighted by atomic mass is 16.5. The molecule has 1 N–H and O–H groups in total. The van der Waals surface area contributed by atoms with Crippen molar-refractivity contribution in [1.29, 1.82) is 0 Å². The number of aryl methyl sites for hydroxylation is 1. The van der Waals surface area contributed by atoms with E-state index in [9.17, 15) is 9.59 Å². The van der Waals surface area contributed by atoms with Gasteiger partial charge in [0.25, 0.3) is 5.91 Å². The predicted octanol–water partition coefficient (Wildman–Crippen LogP) is 3.70. The molecule has 2 aromatic carbocycles. The minimum atomic E-state index is -0.568. The van der Waals surface area contributed by atoms with Crippen molar-refractivity contribution in [2.24, 2.45) is 0 Å². The highest BCUT2D eigenvalue weighted by Gasteiger charge is 2.28. The van der Waals surface area contributed by atoms with Gasteiger partial charge in [-0.15, -0.1) is 0 Å². The third-order valence-electron chi connectivity index (χ3n) is 6.63. The highest BCUT2D eigenvalue weighted by molar-refractivity contribution is 5.91. The number of para-hydroxylation sites is 1. The molecule has 1 aliphatic rings. The Kier molecular flexibility index (Phi) is 6.66. The molecule has 8 heteroatoms. The van der Waals surface area contributed by atoms with Crippen molar-refractivity contribution in [3.8, 4) is 5.69 Å². The van der Waals surface area contributed by atoms with Gasteiger partial charge in [0.05, 0.1) is 17.9 Å². The summed E-state index contributed by atoms with van der Waals surface area (Å²) in [5.74, 6) is -0.932. The molecule has 36 heavy (non-hydrogen) atoms. The number of aromatic nitrogens is 4. The number of esters is 1. The zero-order valence-corrected chi connectivity index (χ0v) is 20.5. The molecule has 0 saturated heterocycles. The minimum Gasteiger partial charge on any atom is -0.451 e. The summed E-state index contributed by atoms with van der Waals surface area (Å²) in [6, 6.07) is 19.9. The van der Waals surface area contributed by atoms with Gasteiger partial charge in [-0.3, -0.25) is 9.48 Å². The molecule has 0 aliphatic heterocycles. The molecule has 184 valence electrons. The van der Waals surface area contributed by atoms with E-state index in [-0.39, 0.29) is 12.5 Å². The summed E-state index contributed by atoms with van der Waals surface area (Å²) >= 11 is 0. The zero-order chi connectivity index (χ0) is 25.1. The summed E-state index contributed by atoms with van der Waals surface area (Å²) in [4.78, 5) is 25.3. The molecule has 0 saturated carbocycles. The van der Waals surface area contributed by atoms with Gasteiger partial charge >= 0.3 is 5.97 Å². The summed E-state index contributed by atoms with van der Waals surface area (Å²) in [7, 11) is 0. The van der Waals surface area contributed by atoms with E-state index < -0.39 is 5.97 Å². The minimum absolute atomic E-state index is 0.299. The van der Waals surface area contributed by atoms with Crippen LogP contribution in [0.3, 0.4) is 0 Å². The number of ether oxygens (including phenoxy) is 1. The SMILES string of the molecule is Cc1nn(Cc2ccccc2)c(C)c1CNC(=O)COC(=O)c1nn(-c2ccccc2)c2c1CCC2. The van der Waals surface area contributed by atoms with Gasteiger partial charge in [-0.1, -0.05) is 48.5 Å². The van der Waals surface area contributed by atoms with Crippen LogP contribution in [0.5, 0.6) is 0 Å². The van der Waals surface area contributed by atoms with E-state index >= 15 is 0 Å². The number of amides is 1. The van der Waals surface area contributed by atoms with E-state index in [1.54, 1.807) is 0 Å². The lowest BCUT2D eigenvalue weighted by molar-refractivity contribution is -0.124. The number of fused-ring (bicyclic) bond motifs is 1. The summed E-state index contributed by atoms with van der Waals surface area (Å²) in [5.41, 5.74) is 7.15. The first-order valence-electron chi connectivity index (χ1n) is 12.2. The summed E-state index contributed by atoms with van der Waals surface area (Å²) in [5, 5.41) is 12.0. The molecule has 1 aliphatic carbocycles. The second kappa shape index (κ2) is 10.2. The molecular formula is C28H29N5O3. The largest absolute Gasteiger partial charge is 0.451 e. The molecule has 0 fully saturated rings. The van der Waals surface area contributed by atoms with Crippen molar-refractivity contribution in [3.05, 3.63) is 100 Å². The number of rotatable bonds is 8. The third-order valence-corrected chi connectivity index (χ3v) is 6.63. The Morgan fingerprint density at radius 3 is 2.44 bits per heavy atom. The van der Waals surface area contributed by atoms with Crippen molar-refractivity contribution in [2.75, 3.05) is 6.61 Å². The maximum atomic E-state index is 12.8. The Balaban J connectivity index is 1.19. The van der Waals surface area contributed by atoms with Crippen LogP contribution in [0.15, 0.2) is 60.7 Å². The average molecular weight is 484 g/mol. The molecule has 2 heterocycles. The van der Waals surface area contributed by atoms with Crippen molar-refractivity contribution in [2.45, 2.75) is 46.2 Å². The van der Waals surface area contributed by atoms with Crippen LogP contribution in [0, 0.1) is 13.8 Å². The maximum absolute atomic E-state index is 12.8. The van der Waals surface area contributed by atoms with Gasteiger partial charge in [0.15, 0.2) is 12.3 Å². The van der Waals surface area contributed by atoms with Crippen LogP contribution in [0.2, 0.25) is 0 Å². The van der Waals surface area contributed by atoms with Crippen LogP contribution >= 0.6 is 0 Å². The summed E-state index contributed by atoms with van der Waals surface area (Å²) < 4.78 is 9.11. The molecule has 5 rings (SSSR count). The van der Waals surface area contributed by atoms with Gasteiger partial charge in [0, 0.05) is 29.1 Å². The van der Waals surface area contributed by atoms with E-state index in [4.69, 9.17) is 4.74 Å². The fourth-order valence-electron chi connectivity index (χ4n) is 4.72. The van der Waals surface area contributed by atoms with Crippen molar-refractivity contribution in [3.63, 3.8) is 0 Å². The lowest BCUT2D eigenvalue weighted by Crippen LogP contribution is -2.29. The molecule has 0 bridgehead atoms. The smallest absolute Gasteiger partial charge is 0.359 e. The topological polar surface area (TPSA) is 91.0 Å². The van der Waals surface area contributed by atoms with Crippen LogP contribution < -0.4 is 5.32 Å². The Morgan fingerprint density at radius 2 is 1.69 bits per heavy atom. The standard InChI is InChI=1S/C28H29N5O3/c1-19-24(20(2)32(30-19)17-21-10-5-3-6-11-21)16-29-26(34)18-36-28(35)27-23-14-9-15-25(23)33(31-27)22-12-7-4-8-13-22/h3-8,10-13H,9,14-18H2,1-2H3,(H,29,34). The number of nitrogens with zero attached hydrogens (tertiary/aromatic N) is 4. The van der Waals surface area contributed by atoms with E-state index in [2.05, 4.69) is 27.6 Å². The summed E-state index contributed by atoms with van der Waals surface area (Å²) in [6.45, 7) is 4.55. The quantitative estimate of drug-likeness (QED) is 0.386. The average Bonchev–Trinajstić information content (AvgIpc) is 3.57. The highest BCUT2D eigenvalue weighted by Crippen LogP contribution is 2.28. The molecule has 8 nitrogen and oxygen atoms in total. The molecule has 0 atom stereocenters. The summed E-state index contributed by atoms with van der Waals surface area (Å²) in [6.07, 6.45) is 2.61. The molecule has 4 aromatic rings. The molecule has 2 aromatic heterocycles. The van der Waals surface area contributed by atoms with Gasteiger partial charge in [0.1, 0.15) is 0 Å². The third kappa shape index (κ3) is 4.79. The first-order chi connectivity index (χ1) is 17.5. The van der Waals surface area contributed by atoms with Gasteiger partial charge in [-0.25, -0.2) is 9.48 Å². The number of hydrogen-bond donors (Lipinski definition) is 1. The number of carbonyl (C=O) groups excluding carboxylic acids is 2. The molecular weight excluding hydrogens is 454 g/mol. The fourth-order valence-corrected chi connectivity index (χ4v) is 4.72. The van der Waals surface area contributed by atoms with E-state index in [1.165, 1.54) is 0 Å². The van der Waals surface area contributed by atoms with Crippen LogP contribution in [0.1, 0.15) is 50.7 Å². The Labute approximate surface area is 209 Å². The molecule has 0 spiro atoms. The monoisotopic (exact) mass is 483 g/mol. The van der Waals surface area contributed by atoms with Crippen molar-refractivity contribution >= 4 is 11.9 Å². The maximum Gasteiger partial charge on any atom is 0.359 e. The first-order valence-corrected chi connectivity index (χ1v) is 12.2. The van der Waals surface area contributed by atoms with E-state index in [0.29, 0.717) is 18.8 Å². The number of nitrogens with one attached hydrogen (secondary N) is 1. The van der Waals surface area contributed by atoms with E-state index in [0.717, 1.165) is 58.7 Å². The van der Waals surface area contributed by atoms with Crippen molar-refractivity contribution < 1.29 is 14.3 Å². The van der Waals surface area contributed by atoms with Crippen LogP contribution in [-0.4, -0.2) is 38.0 Å². The number of benzene rings is 2. The Morgan fingerprint density at radius 1 is 0.972 bits per heavy atom. The normalized spacial score (nSPS) is 12.4. The van der Waals surface area contributed by atoms with Gasteiger partial charge in [-0.2, -0.15) is 10.2 Å².